The first-order valence-corrected chi connectivity index (χ1v) is 19.6. The van der Waals surface area contributed by atoms with Gasteiger partial charge in [0.1, 0.15) is 6.10 Å². The summed E-state index contributed by atoms with van der Waals surface area (Å²) in [4.78, 5) is 0. The van der Waals surface area contributed by atoms with Crippen LogP contribution in [-0.2, 0) is 0 Å². The van der Waals surface area contributed by atoms with E-state index < -0.39 is 12.2 Å². The molecule has 266 valence electrons. The van der Waals surface area contributed by atoms with Crippen LogP contribution in [0.3, 0.4) is 0 Å². The molecule has 0 saturated carbocycles. The fraction of sp³-hybridized carbons (Fsp3) is 0.652. The summed E-state index contributed by atoms with van der Waals surface area (Å²) < 4.78 is 0. The maximum absolute atomic E-state index is 9.93. The van der Waals surface area contributed by atoms with Crippen molar-refractivity contribution in [3.05, 3.63) is 48.6 Å². The number of allylic oxidation sites excluding steroid dienone is 7. The van der Waals surface area contributed by atoms with Gasteiger partial charge in [-0.25, -0.2) is 0 Å². The molecule has 2 N–H and O–H groups in total. The van der Waals surface area contributed by atoms with Gasteiger partial charge < -0.3 is 10.2 Å². The lowest BCUT2D eigenvalue weighted by Crippen LogP contribution is -1.97. The van der Waals surface area contributed by atoms with Crippen LogP contribution in [0.4, 0.5) is 0 Å². The minimum Gasteiger partial charge on any atom is -0.377 e. The van der Waals surface area contributed by atoms with Crippen LogP contribution in [0.15, 0.2) is 48.6 Å². The van der Waals surface area contributed by atoms with E-state index in [1.807, 2.05) is 12.2 Å². The van der Waals surface area contributed by atoms with E-state index in [0.29, 0.717) is 0 Å². The van der Waals surface area contributed by atoms with Crippen LogP contribution in [0.25, 0.3) is 0 Å². The first-order chi connectivity index (χ1) is 23.7. The van der Waals surface area contributed by atoms with Gasteiger partial charge in [0.25, 0.3) is 0 Å². The summed E-state index contributed by atoms with van der Waals surface area (Å²) in [5.74, 6) is 16.6. The van der Waals surface area contributed by atoms with Gasteiger partial charge in [-0.2, -0.15) is 0 Å². The van der Waals surface area contributed by atoms with Gasteiger partial charge in [0.15, 0.2) is 6.10 Å². The van der Waals surface area contributed by atoms with Gasteiger partial charge in [0, 0.05) is 12.8 Å². The van der Waals surface area contributed by atoms with Crippen molar-refractivity contribution in [3.8, 4) is 48.4 Å². The van der Waals surface area contributed by atoms with Crippen LogP contribution < -0.4 is 0 Å². The monoisotopic (exact) mass is 655 g/mol. The molecule has 0 aliphatic carbocycles. The van der Waals surface area contributed by atoms with Crippen molar-refractivity contribution in [2.24, 2.45) is 0 Å². The van der Waals surface area contributed by atoms with E-state index in [9.17, 15) is 10.2 Å². The maximum Gasteiger partial charge on any atom is 0.176 e. The number of hydrogen-bond donors (Lipinski definition) is 2. The zero-order valence-electron chi connectivity index (χ0n) is 30.6. The largest absolute Gasteiger partial charge is 0.377 e. The van der Waals surface area contributed by atoms with Gasteiger partial charge in [0.05, 0.1) is 0 Å². The van der Waals surface area contributed by atoms with Crippen molar-refractivity contribution in [2.75, 3.05) is 0 Å². The van der Waals surface area contributed by atoms with E-state index in [1.165, 1.54) is 116 Å². The molecule has 0 bridgehead atoms. The predicted molar refractivity (Wildman–Crippen MR) is 211 cm³/mol. The average Bonchev–Trinajstić information content (AvgIpc) is 3.09. The summed E-state index contributed by atoms with van der Waals surface area (Å²) in [5, 5.41) is 19.2. The Labute approximate surface area is 298 Å². The summed E-state index contributed by atoms with van der Waals surface area (Å²) in [7, 11) is 0. The van der Waals surface area contributed by atoms with Crippen LogP contribution >= 0.6 is 0 Å². The molecule has 0 aliphatic rings. The Bertz CT molecular complexity index is 1020. The van der Waals surface area contributed by atoms with Gasteiger partial charge in [-0.15, -0.1) is 18.8 Å². The van der Waals surface area contributed by atoms with E-state index >= 15 is 0 Å². The van der Waals surface area contributed by atoms with Gasteiger partial charge in [0.2, 0.25) is 0 Å². The van der Waals surface area contributed by atoms with Crippen LogP contribution in [0.2, 0.25) is 0 Å². The third kappa shape index (κ3) is 39.3. The molecule has 48 heavy (non-hydrogen) atoms. The van der Waals surface area contributed by atoms with Crippen molar-refractivity contribution in [3.63, 3.8) is 0 Å². The first-order valence-electron chi connectivity index (χ1n) is 19.6. The Balaban J connectivity index is 3.50. The smallest absolute Gasteiger partial charge is 0.176 e. The molecule has 0 aromatic heterocycles. The lowest BCUT2D eigenvalue weighted by molar-refractivity contribution is 0.280. The molecule has 2 nitrogen and oxygen atoms in total. The zero-order valence-corrected chi connectivity index (χ0v) is 30.6. The normalized spacial score (nSPS) is 12.6. The van der Waals surface area contributed by atoms with E-state index in [1.54, 1.807) is 6.08 Å². The molecular weight excluding hydrogens is 585 g/mol. The molecule has 0 fully saturated rings. The summed E-state index contributed by atoms with van der Waals surface area (Å²) in [6.45, 7) is 0. The van der Waals surface area contributed by atoms with Crippen LogP contribution in [0, 0.1) is 48.4 Å². The Morgan fingerprint density at radius 2 is 0.854 bits per heavy atom. The van der Waals surface area contributed by atoms with Gasteiger partial charge in [-0.1, -0.05) is 156 Å². The predicted octanol–water partition coefficient (Wildman–Crippen LogP) is 12.1. The lowest BCUT2D eigenvalue weighted by Gasteiger charge is -2.03. The fourth-order valence-corrected chi connectivity index (χ4v) is 5.38. The molecule has 0 heterocycles. The summed E-state index contributed by atoms with van der Waals surface area (Å²) in [6, 6.07) is 0. The molecule has 2 atom stereocenters. The molecule has 2 unspecified atom stereocenters. The molecule has 2 heteroatoms. The SMILES string of the molecule is C#CCCCCCCCCCCCCCCCC/C=C\CC/C=C\C#CC(O)C#CCCCC/C=C\CCCCCC/C=C/C(O)C#C. The third-order valence-corrected chi connectivity index (χ3v) is 8.34. The zero-order chi connectivity index (χ0) is 34.9. The Kier molecular flexibility index (Phi) is 37.9. The quantitative estimate of drug-likeness (QED) is 0.0444. The second kappa shape index (κ2) is 40.3. The highest BCUT2D eigenvalue weighted by Gasteiger charge is 1.95. The molecule has 0 rings (SSSR count). The van der Waals surface area contributed by atoms with Crippen LogP contribution in [0.5, 0.6) is 0 Å². The summed E-state index contributed by atoms with van der Waals surface area (Å²) in [6.07, 6.45) is 59.9. The minimum absolute atomic E-state index is 0.745. The van der Waals surface area contributed by atoms with E-state index in [-0.39, 0.29) is 0 Å². The van der Waals surface area contributed by atoms with Crippen molar-refractivity contribution in [1.82, 2.24) is 0 Å². The first kappa shape index (κ1) is 45.1. The molecule has 0 saturated heterocycles. The fourth-order valence-electron chi connectivity index (χ4n) is 5.38. The van der Waals surface area contributed by atoms with Gasteiger partial charge in [-0.05, 0) is 89.2 Å². The van der Waals surface area contributed by atoms with Crippen molar-refractivity contribution >= 4 is 0 Å². The number of terminal acetylenes is 2. The third-order valence-electron chi connectivity index (χ3n) is 8.34. The summed E-state index contributed by atoms with van der Waals surface area (Å²) >= 11 is 0. The molecule has 0 aromatic carbocycles. The van der Waals surface area contributed by atoms with Crippen LogP contribution in [-0.4, -0.2) is 22.4 Å². The molecule has 0 radical (unpaired) electrons. The molecule has 0 aromatic rings. The molecule has 0 spiro atoms. The number of aliphatic hydroxyl groups is 2. The molecular formula is C46H70O2. The van der Waals surface area contributed by atoms with E-state index in [4.69, 9.17) is 12.8 Å². The molecule has 0 aliphatic heterocycles. The summed E-state index contributed by atoms with van der Waals surface area (Å²) in [5.41, 5.74) is 0. The van der Waals surface area contributed by atoms with Crippen molar-refractivity contribution < 1.29 is 10.2 Å². The van der Waals surface area contributed by atoms with Crippen molar-refractivity contribution in [1.29, 1.82) is 0 Å². The van der Waals surface area contributed by atoms with E-state index in [0.717, 1.165) is 64.2 Å². The van der Waals surface area contributed by atoms with Crippen LogP contribution in [0.1, 0.15) is 180 Å². The second-order valence-corrected chi connectivity index (χ2v) is 12.9. The topological polar surface area (TPSA) is 40.5 Å². The van der Waals surface area contributed by atoms with Crippen molar-refractivity contribution in [2.45, 2.75) is 192 Å². The van der Waals surface area contributed by atoms with Gasteiger partial charge >= 0.3 is 0 Å². The number of aliphatic hydroxyl groups excluding tert-OH is 2. The number of unbranched alkanes of at least 4 members (excludes halogenated alkanes) is 24. The van der Waals surface area contributed by atoms with Gasteiger partial charge in [-0.3, -0.25) is 0 Å². The molecule has 0 amide bonds. The Morgan fingerprint density at radius 3 is 1.38 bits per heavy atom. The highest BCUT2D eigenvalue weighted by molar-refractivity contribution is 5.24. The highest BCUT2D eigenvalue weighted by Crippen LogP contribution is 2.14. The number of rotatable bonds is 31. The Morgan fingerprint density at radius 1 is 0.438 bits per heavy atom. The highest BCUT2D eigenvalue weighted by atomic mass is 16.3. The number of hydrogen-bond acceptors (Lipinski definition) is 2. The standard InChI is InChI=1S/C46H70O2/c1-3-5-6-7-8-9-10-11-12-13-14-15-16-17-18-19-20-21-25-28-31-34-37-40-43-46(48)44-41-38-35-32-29-26-23-22-24-27-30-33-36-39-42-45(47)4-2/h1-2,21,23,25-26,34,37,39,42,45-48H,5-20,22,24,27-33,35-36,38H2/b25-21-,26-23-,37-34-,42-39+. The van der Waals surface area contributed by atoms with E-state index in [2.05, 4.69) is 65.9 Å². The maximum atomic E-state index is 9.93. The lowest BCUT2D eigenvalue weighted by atomic mass is 10.0. The average molecular weight is 655 g/mol. The second-order valence-electron chi connectivity index (χ2n) is 12.9. The minimum atomic E-state index is -0.866. The Hall–Kier alpha value is -2.88.